The van der Waals surface area contributed by atoms with Gasteiger partial charge >= 0.3 is 12.0 Å². The molecule has 0 aliphatic heterocycles. The number of rotatable bonds is 8. The first-order chi connectivity index (χ1) is 15.5. The number of sulfonamides is 1. The number of anilines is 1. The van der Waals surface area contributed by atoms with Crippen LogP contribution in [0.5, 0.6) is 0 Å². The zero-order chi connectivity index (χ0) is 24.8. The number of aryl methyl sites for hydroxylation is 2. The monoisotopic (exact) mass is 495 g/mol. The highest BCUT2D eigenvalue weighted by Crippen LogP contribution is 2.26. The van der Waals surface area contributed by atoms with E-state index in [1.165, 1.54) is 16.4 Å². The summed E-state index contributed by atoms with van der Waals surface area (Å²) in [5, 5.41) is 4.56. The molecule has 0 unspecified atom stereocenters. The van der Waals surface area contributed by atoms with Crippen molar-refractivity contribution in [3.05, 3.63) is 58.1 Å². The van der Waals surface area contributed by atoms with Gasteiger partial charge in [-0.05, 0) is 43.7 Å². The molecule has 0 heterocycles. The van der Waals surface area contributed by atoms with Crippen LogP contribution in [0.2, 0.25) is 5.02 Å². The lowest BCUT2D eigenvalue weighted by Crippen LogP contribution is -2.37. The highest BCUT2D eigenvalue weighted by Gasteiger charge is 2.26. The lowest BCUT2D eigenvalue weighted by atomic mass is 10.1. The van der Waals surface area contributed by atoms with Crippen LogP contribution in [0.25, 0.3) is 0 Å². The molecule has 178 valence electrons. The molecule has 0 radical (unpaired) electrons. The molecular weight excluding hydrogens is 470 g/mol. The summed E-state index contributed by atoms with van der Waals surface area (Å²) in [5.74, 6) is -1.79. The van der Waals surface area contributed by atoms with Crippen molar-refractivity contribution in [2.75, 3.05) is 25.0 Å². The number of benzene rings is 2. The molecule has 0 aliphatic carbocycles. The number of hydrogen-bond acceptors (Lipinski definition) is 6. The maximum Gasteiger partial charge on any atom is 0.338 e. The summed E-state index contributed by atoms with van der Waals surface area (Å²) in [6.07, 6.45) is 0. The normalized spacial score (nSPS) is 11.2. The second kappa shape index (κ2) is 11.3. The summed E-state index contributed by atoms with van der Waals surface area (Å²) < 4.78 is 31.6. The Morgan fingerprint density at radius 2 is 1.70 bits per heavy atom. The smallest absolute Gasteiger partial charge is 0.338 e. The summed E-state index contributed by atoms with van der Waals surface area (Å²) in [6.45, 7) is 6.82. The molecule has 0 saturated carbocycles. The van der Waals surface area contributed by atoms with Gasteiger partial charge in [-0.15, -0.1) is 0 Å². The van der Waals surface area contributed by atoms with Crippen molar-refractivity contribution >= 4 is 45.2 Å². The number of carbonyl (C=O) groups is 3. The molecule has 11 heteroatoms. The van der Waals surface area contributed by atoms with E-state index in [-0.39, 0.29) is 28.6 Å². The molecule has 33 heavy (non-hydrogen) atoms. The van der Waals surface area contributed by atoms with Gasteiger partial charge in [0.05, 0.1) is 10.6 Å². The number of hydrogen-bond donors (Lipinski definition) is 2. The Bertz CT molecular complexity index is 1160. The zero-order valence-electron chi connectivity index (χ0n) is 18.8. The van der Waals surface area contributed by atoms with Crippen LogP contribution in [0.4, 0.5) is 10.5 Å². The fourth-order valence-corrected chi connectivity index (χ4v) is 4.97. The van der Waals surface area contributed by atoms with Crippen LogP contribution < -0.4 is 10.6 Å². The molecule has 3 amide bonds. The Labute approximate surface area is 198 Å². The molecule has 9 nitrogen and oxygen atoms in total. The molecule has 0 atom stereocenters. The first-order valence-corrected chi connectivity index (χ1v) is 12.0. The highest BCUT2D eigenvalue weighted by molar-refractivity contribution is 7.89. The predicted octanol–water partition coefficient (Wildman–Crippen LogP) is 3.49. The van der Waals surface area contributed by atoms with Crippen molar-refractivity contribution < 1.29 is 27.5 Å². The minimum absolute atomic E-state index is 0.0423. The van der Waals surface area contributed by atoms with E-state index >= 15 is 0 Å². The minimum atomic E-state index is -3.91. The van der Waals surface area contributed by atoms with E-state index in [0.717, 1.165) is 17.2 Å². The fraction of sp³-hybridized carbons (Fsp3) is 0.318. The van der Waals surface area contributed by atoms with Crippen molar-refractivity contribution in [2.24, 2.45) is 0 Å². The van der Waals surface area contributed by atoms with Gasteiger partial charge < -0.3 is 10.1 Å². The number of amides is 3. The Hall–Kier alpha value is -2.95. The van der Waals surface area contributed by atoms with Gasteiger partial charge in [0.15, 0.2) is 6.61 Å². The largest absolute Gasteiger partial charge is 0.452 e. The molecule has 2 aromatic rings. The summed E-state index contributed by atoms with van der Waals surface area (Å²) in [7, 11) is -3.91. The molecule has 2 N–H and O–H groups in total. The Kier molecular flexibility index (Phi) is 8.98. The quantitative estimate of drug-likeness (QED) is 0.540. The topological polar surface area (TPSA) is 122 Å². The Morgan fingerprint density at radius 1 is 1.03 bits per heavy atom. The molecule has 0 spiro atoms. The van der Waals surface area contributed by atoms with E-state index in [9.17, 15) is 22.8 Å². The third-order valence-electron chi connectivity index (χ3n) is 4.71. The van der Waals surface area contributed by atoms with Gasteiger partial charge in [0.1, 0.15) is 4.90 Å². The second-order valence-corrected chi connectivity index (χ2v) is 9.44. The summed E-state index contributed by atoms with van der Waals surface area (Å²) >= 11 is 6.05. The number of nitrogens with zero attached hydrogens (tertiary/aromatic N) is 1. The van der Waals surface area contributed by atoms with Gasteiger partial charge in [0.2, 0.25) is 10.0 Å². The van der Waals surface area contributed by atoms with Gasteiger partial charge in [-0.2, -0.15) is 4.31 Å². The maximum absolute atomic E-state index is 12.8. The molecule has 0 aromatic heterocycles. The van der Waals surface area contributed by atoms with Crippen LogP contribution in [0, 0.1) is 13.8 Å². The van der Waals surface area contributed by atoms with E-state index in [2.05, 4.69) is 10.6 Å². The standard InChI is InChI=1S/C22H26ClN3O6S/c1-5-26(6-2)33(30,31)19-12-16(8-9-17(19)23)21(28)32-13-20(27)25-22(29)24-18-10-7-14(3)11-15(18)4/h7-12H,5-6,13H2,1-4H3,(H2,24,25,27,29). The van der Waals surface area contributed by atoms with Gasteiger partial charge in [0.25, 0.3) is 5.91 Å². The lowest BCUT2D eigenvalue weighted by molar-refractivity contribution is -0.123. The van der Waals surface area contributed by atoms with Crippen molar-refractivity contribution in [2.45, 2.75) is 32.6 Å². The molecule has 0 bridgehead atoms. The number of imide groups is 1. The van der Waals surface area contributed by atoms with Crippen LogP contribution in [0.1, 0.15) is 35.3 Å². The number of carbonyl (C=O) groups excluding carboxylic acids is 3. The summed E-state index contributed by atoms with van der Waals surface area (Å²) in [6, 6.07) is 8.28. The van der Waals surface area contributed by atoms with Crippen molar-refractivity contribution in [3.8, 4) is 0 Å². The molecular formula is C22H26ClN3O6S. The van der Waals surface area contributed by atoms with E-state index in [4.69, 9.17) is 16.3 Å². The summed E-state index contributed by atoms with van der Waals surface area (Å²) in [4.78, 5) is 36.1. The number of esters is 1. The lowest BCUT2D eigenvalue weighted by Gasteiger charge is -2.19. The van der Waals surface area contributed by atoms with Crippen molar-refractivity contribution in [1.29, 1.82) is 0 Å². The highest BCUT2D eigenvalue weighted by atomic mass is 35.5. The van der Waals surface area contributed by atoms with E-state index in [1.807, 2.05) is 26.0 Å². The van der Waals surface area contributed by atoms with Crippen molar-refractivity contribution in [1.82, 2.24) is 9.62 Å². The number of halogens is 1. The van der Waals surface area contributed by atoms with Crippen LogP contribution >= 0.6 is 11.6 Å². The van der Waals surface area contributed by atoms with Crippen molar-refractivity contribution in [3.63, 3.8) is 0 Å². The first kappa shape index (κ1) is 26.3. The number of urea groups is 1. The van der Waals surface area contributed by atoms with Gasteiger partial charge in [-0.1, -0.05) is 43.1 Å². The van der Waals surface area contributed by atoms with E-state index in [1.54, 1.807) is 19.9 Å². The average molecular weight is 496 g/mol. The van der Waals surface area contributed by atoms with Crippen LogP contribution in [-0.4, -0.2) is 50.3 Å². The van der Waals surface area contributed by atoms with E-state index in [0.29, 0.717) is 5.69 Å². The SMILES string of the molecule is CCN(CC)S(=O)(=O)c1cc(C(=O)OCC(=O)NC(=O)Nc2ccc(C)cc2C)ccc1Cl. The van der Waals surface area contributed by atoms with Gasteiger partial charge in [0, 0.05) is 18.8 Å². The van der Waals surface area contributed by atoms with E-state index < -0.39 is 34.5 Å². The maximum atomic E-state index is 12.8. The minimum Gasteiger partial charge on any atom is -0.452 e. The second-order valence-electron chi connectivity index (χ2n) is 7.13. The number of ether oxygens (including phenoxy) is 1. The molecule has 0 aliphatic rings. The van der Waals surface area contributed by atoms with Crippen LogP contribution in [-0.2, 0) is 19.6 Å². The molecule has 0 fully saturated rings. The first-order valence-electron chi connectivity index (χ1n) is 10.1. The fourth-order valence-electron chi connectivity index (χ4n) is 3.02. The van der Waals surface area contributed by atoms with Crippen LogP contribution in [0.3, 0.4) is 0 Å². The molecule has 0 saturated heterocycles. The molecule has 2 rings (SSSR count). The predicted molar refractivity (Wildman–Crippen MR) is 125 cm³/mol. The molecule has 2 aromatic carbocycles. The third kappa shape index (κ3) is 6.77. The van der Waals surface area contributed by atoms with Crippen LogP contribution in [0.15, 0.2) is 41.3 Å². The summed E-state index contributed by atoms with van der Waals surface area (Å²) in [5.41, 5.74) is 2.28. The van der Waals surface area contributed by atoms with Gasteiger partial charge in [-0.25, -0.2) is 18.0 Å². The Morgan fingerprint density at radius 3 is 2.30 bits per heavy atom. The number of nitrogens with one attached hydrogen (secondary N) is 2. The van der Waals surface area contributed by atoms with Gasteiger partial charge in [-0.3, -0.25) is 10.1 Å². The Balaban J connectivity index is 2.01. The zero-order valence-corrected chi connectivity index (χ0v) is 20.3. The third-order valence-corrected chi connectivity index (χ3v) is 7.24. The average Bonchev–Trinajstić information content (AvgIpc) is 2.74.